The highest BCUT2D eigenvalue weighted by atomic mass is 35.5. The molecule has 1 atom stereocenters. The number of para-hydroxylation sites is 2. The highest BCUT2D eigenvalue weighted by molar-refractivity contribution is 6.31. The summed E-state index contributed by atoms with van der Waals surface area (Å²) in [5, 5.41) is 0.633. The molecular formula is C22H22ClN3O3. The van der Waals surface area contributed by atoms with Gasteiger partial charge in [0.15, 0.2) is 0 Å². The first-order valence-electron chi connectivity index (χ1n) is 9.65. The summed E-state index contributed by atoms with van der Waals surface area (Å²) in [5.74, 6) is 0.316. The van der Waals surface area contributed by atoms with Gasteiger partial charge in [0.25, 0.3) is 0 Å². The van der Waals surface area contributed by atoms with Crippen LogP contribution in [0.15, 0.2) is 42.5 Å². The number of benzene rings is 2. The molecule has 0 bridgehead atoms. The minimum atomic E-state index is -0.316. The Morgan fingerprint density at radius 1 is 1.24 bits per heavy atom. The van der Waals surface area contributed by atoms with Crippen molar-refractivity contribution in [3.05, 3.63) is 58.9 Å². The van der Waals surface area contributed by atoms with E-state index in [1.807, 2.05) is 54.0 Å². The Kier molecular flexibility index (Phi) is 5.28. The lowest BCUT2D eigenvalue weighted by Crippen LogP contribution is -2.25. The van der Waals surface area contributed by atoms with E-state index in [0.717, 1.165) is 28.1 Å². The van der Waals surface area contributed by atoms with Crippen molar-refractivity contribution in [2.24, 2.45) is 0 Å². The van der Waals surface area contributed by atoms with Gasteiger partial charge in [0.1, 0.15) is 12.4 Å². The van der Waals surface area contributed by atoms with Gasteiger partial charge in [0.2, 0.25) is 5.91 Å². The van der Waals surface area contributed by atoms with Gasteiger partial charge in [-0.3, -0.25) is 9.59 Å². The van der Waals surface area contributed by atoms with Crippen LogP contribution in [0.1, 0.15) is 30.7 Å². The maximum absolute atomic E-state index is 12.8. The molecule has 0 aliphatic carbocycles. The van der Waals surface area contributed by atoms with Gasteiger partial charge in [-0.1, -0.05) is 29.8 Å². The standard InChI is InChI=1S/C22H22ClN3O3/c1-3-29-21(28)13-26-19-9-5-4-8-17(19)24-22(26)15-11-20(27)25(12-15)18-10-6-7-16(23)14(18)2/h4-10,15H,3,11-13H2,1-2H3/t15-/m1/s1. The number of ether oxygens (including phenoxy) is 1. The highest BCUT2D eigenvalue weighted by Crippen LogP contribution is 2.36. The van der Waals surface area contributed by atoms with Gasteiger partial charge >= 0.3 is 5.97 Å². The maximum atomic E-state index is 12.8. The molecule has 7 heteroatoms. The van der Waals surface area contributed by atoms with Gasteiger partial charge in [-0.25, -0.2) is 4.98 Å². The summed E-state index contributed by atoms with van der Waals surface area (Å²) < 4.78 is 7.02. The van der Waals surface area contributed by atoms with Crippen molar-refractivity contribution in [1.82, 2.24) is 9.55 Å². The Morgan fingerprint density at radius 3 is 2.83 bits per heavy atom. The molecule has 0 radical (unpaired) electrons. The number of esters is 1. The molecular weight excluding hydrogens is 390 g/mol. The summed E-state index contributed by atoms with van der Waals surface area (Å²) in [6, 6.07) is 13.2. The molecule has 1 aliphatic heterocycles. The van der Waals surface area contributed by atoms with E-state index in [4.69, 9.17) is 21.3 Å². The van der Waals surface area contributed by atoms with Crippen molar-refractivity contribution >= 4 is 40.2 Å². The third-order valence-electron chi connectivity index (χ3n) is 5.30. The Bertz CT molecular complexity index is 1090. The number of rotatable bonds is 5. The fraction of sp³-hybridized carbons (Fsp3) is 0.318. The molecule has 1 aliphatic rings. The summed E-state index contributed by atoms with van der Waals surface area (Å²) >= 11 is 6.25. The molecule has 1 amide bonds. The first kappa shape index (κ1) is 19.5. The summed E-state index contributed by atoms with van der Waals surface area (Å²) in [5.41, 5.74) is 3.36. The van der Waals surface area contributed by atoms with Crippen LogP contribution < -0.4 is 4.90 Å². The van der Waals surface area contributed by atoms with Crippen LogP contribution in [0, 0.1) is 6.92 Å². The van der Waals surface area contributed by atoms with Crippen LogP contribution in [-0.4, -0.2) is 34.6 Å². The number of carbonyl (C=O) groups excluding carboxylic acids is 2. The molecule has 2 heterocycles. The smallest absolute Gasteiger partial charge is 0.326 e. The molecule has 3 aromatic rings. The molecule has 0 spiro atoms. The summed E-state index contributed by atoms with van der Waals surface area (Å²) in [4.78, 5) is 31.5. The fourth-order valence-electron chi connectivity index (χ4n) is 3.91. The molecule has 2 aromatic carbocycles. The Hall–Kier alpha value is -2.86. The van der Waals surface area contributed by atoms with Gasteiger partial charge < -0.3 is 14.2 Å². The molecule has 6 nitrogen and oxygen atoms in total. The van der Waals surface area contributed by atoms with E-state index in [2.05, 4.69) is 0 Å². The molecule has 1 saturated heterocycles. The number of aromatic nitrogens is 2. The largest absolute Gasteiger partial charge is 0.465 e. The number of hydrogen-bond donors (Lipinski definition) is 0. The number of hydrogen-bond acceptors (Lipinski definition) is 4. The molecule has 0 N–H and O–H groups in total. The zero-order valence-corrected chi connectivity index (χ0v) is 17.1. The van der Waals surface area contributed by atoms with Crippen molar-refractivity contribution in [2.45, 2.75) is 32.7 Å². The monoisotopic (exact) mass is 411 g/mol. The fourth-order valence-corrected chi connectivity index (χ4v) is 4.08. The number of amides is 1. The van der Waals surface area contributed by atoms with Crippen LogP contribution in [0.3, 0.4) is 0 Å². The lowest BCUT2D eigenvalue weighted by atomic mass is 10.1. The number of imidazole rings is 1. The van der Waals surface area contributed by atoms with E-state index in [1.54, 1.807) is 11.8 Å². The van der Waals surface area contributed by atoms with Crippen molar-refractivity contribution < 1.29 is 14.3 Å². The molecule has 150 valence electrons. The van der Waals surface area contributed by atoms with Gasteiger partial charge in [-0.05, 0) is 43.7 Å². The third-order valence-corrected chi connectivity index (χ3v) is 5.71. The van der Waals surface area contributed by atoms with Gasteiger partial charge in [-0.2, -0.15) is 0 Å². The van der Waals surface area contributed by atoms with Crippen LogP contribution in [0.5, 0.6) is 0 Å². The van der Waals surface area contributed by atoms with Crippen molar-refractivity contribution in [3.63, 3.8) is 0 Å². The van der Waals surface area contributed by atoms with Crippen molar-refractivity contribution in [2.75, 3.05) is 18.1 Å². The second-order valence-electron chi connectivity index (χ2n) is 7.14. The van der Waals surface area contributed by atoms with Gasteiger partial charge in [-0.15, -0.1) is 0 Å². The minimum Gasteiger partial charge on any atom is -0.465 e. The summed E-state index contributed by atoms with van der Waals surface area (Å²) in [6.07, 6.45) is 0.331. The van der Waals surface area contributed by atoms with Crippen LogP contribution in [0.4, 0.5) is 5.69 Å². The van der Waals surface area contributed by atoms with E-state index in [0.29, 0.717) is 24.6 Å². The van der Waals surface area contributed by atoms with Crippen LogP contribution >= 0.6 is 11.6 Å². The first-order valence-corrected chi connectivity index (χ1v) is 10.0. The number of nitrogens with zero attached hydrogens (tertiary/aromatic N) is 3. The molecule has 29 heavy (non-hydrogen) atoms. The number of anilines is 1. The Morgan fingerprint density at radius 2 is 2.03 bits per heavy atom. The van der Waals surface area contributed by atoms with Crippen LogP contribution in [0.2, 0.25) is 5.02 Å². The van der Waals surface area contributed by atoms with E-state index in [-0.39, 0.29) is 24.3 Å². The average molecular weight is 412 g/mol. The van der Waals surface area contributed by atoms with E-state index in [1.165, 1.54) is 0 Å². The second kappa shape index (κ2) is 7.87. The quantitative estimate of drug-likeness (QED) is 0.593. The predicted molar refractivity (Wildman–Crippen MR) is 112 cm³/mol. The van der Waals surface area contributed by atoms with Crippen molar-refractivity contribution in [1.29, 1.82) is 0 Å². The van der Waals surface area contributed by atoms with E-state index < -0.39 is 0 Å². The van der Waals surface area contributed by atoms with E-state index in [9.17, 15) is 9.59 Å². The van der Waals surface area contributed by atoms with Gasteiger partial charge in [0, 0.05) is 29.6 Å². The topological polar surface area (TPSA) is 64.4 Å². The zero-order chi connectivity index (χ0) is 20.5. The third kappa shape index (κ3) is 3.60. The highest BCUT2D eigenvalue weighted by Gasteiger charge is 2.35. The second-order valence-corrected chi connectivity index (χ2v) is 7.55. The zero-order valence-electron chi connectivity index (χ0n) is 16.4. The summed E-state index contributed by atoms with van der Waals surface area (Å²) in [6.45, 7) is 4.58. The molecule has 1 fully saturated rings. The molecule has 4 rings (SSSR count). The molecule has 1 aromatic heterocycles. The lowest BCUT2D eigenvalue weighted by Gasteiger charge is -2.20. The lowest BCUT2D eigenvalue weighted by molar-refractivity contribution is -0.143. The SMILES string of the molecule is CCOC(=O)Cn1c([C@@H]2CC(=O)N(c3cccc(Cl)c3C)C2)nc2ccccc21. The van der Waals surface area contributed by atoms with Crippen molar-refractivity contribution in [3.8, 4) is 0 Å². The number of halogens is 1. The maximum Gasteiger partial charge on any atom is 0.326 e. The normalized spacial score (nSPS) is 16.6. The van der Waals surface area contributed by atoms with Gasteiger partial charge in [0.05, 0.1) is 17.6 Å². The number of carbonyl (C=O) groups is 2. The van der Waals surface area contributed by atoms with E-state index >= 15 is 0 Å². The number of fused-ring (bicyclic) bond motifs is 1. The molecule has 0 unspecified atom stereocenters. The average Bonchev–Trinajstić information content (AvgIpc) is 3.25. The summed E-state index contributed by atoms with van der Waals surface area (Å²) in [7, 11) is 0. The first-order chi connectivity index (χ1) is 14.0. The minimum absolute atomic E-state index is 0.0232. The molecule has 0 saturated carbocycles. The van der Waals surface area contributed by atoms with Crippen LogP contribution in [-0.2, 0) is 20.9 Å². The predicted octanol–water partition coefficient (Wildman–Crippen LogP) is 4.08. The Labute approximate surface area is 174 Å². The van der Waals surface area contributed by atoms with Crippen LogP contribution in [0.25, 0.3) is 11.0 Å². The Balaban J connectivity index is 1.71.